The second kappa shape index (κ2) is 5.10. The van der Waals surface area contributed by atoms with Crippen molar-refractivity contribution < 1.29 is 9.59 Å². The van der Waals surface area contributed by atoms with Crippen molar-refractivity contribution in [3.8, 4) is 0 Å². The molecule has 0 bridgehead atoms. The molecule has 18 heavy (non-hydrogen) atoms. The number of anilines is 1. The molecule has 2 amide bonds. The molecule has 1 aromatic carbocycles. The van der Waals surface area contributed by atoms with Crippen LogP contribution in [-0.4, -0.2) is 17.9 Å². The maximum Gasteiger partial charge on any atom is 0.247 e. The van der Waals surface area contributed by atoms with Crippen molar-refractivity contribution in [1.29, 1.82) is 0 Å². The molecule has 1 fully saturated rings. The third-order valence-electron chi connectivity index (χ3n) is 2.99. The molecule has 2 N–H and O–H groups in total. The summed E-state index contributed by atoms with van der Waals surface area (Å²) in [4.78, 5) is 23.1. The highest BCUT2D eigenvalue weighted by Crippen LogP contribution is 2.28. The molecule has 1 aliphatic rings. The van der Waals surface area contributed by atoms with Crippen LogP contribution in [0.5, 0.6) is 0 Å². The van der Waals surface area contributed by atoms with Gasteiger partial charge in [0.2, 0.25) is 11.8 Å². The first-order valence-corrected chi connectivity index (χ1v) is 6.63. The van der Waals surface area contributed by atoms with E-state index >= 15 is 0 Å². The summed E-state index contributed by atoms with van der Waals surface area (Å²) in [6.45, 7) is 3.95. The molecule has 1 atom stereocenters. The van der Waals surface area contributed by atoms with E-state index in [1.807, 2.05) is 26.0 Å². The van der Waals surface area contributed by atoms with Gasteiger partial charge >= 0.3 is 0 Å². The summed E-state index contributed by atoms with van der Waals surface area (Å²) in [5, 5.41) is 5.53. The van der Waals surface area contributed by atoms with E-state index in [4.69, 9.17) is 0 Å². The predicted molar refractivity (Wildman–Crippen MR) is 73.4 cm³/mol. The zero-order valence-corrected chi connectivity index (χ0v) is 11.9. The Kier molecular flexibility index (Phi) is 3.71. The minimum Gasteiger partial charge on any atom is -0.344 e. The van der Waals surface area contributed by atoms with Gasteiger partial charge in [0.25, 0.3) is 0 Å². The van der Waals surface area contributed by atoms with Crippen molar-refractivity contribution in [1.82, 2.24) is 5.32 Å². The summed E-state index contributed by atoms with van der Waals surface area (Å²) in [6, 6.07) is 3.55. The van der Waals surface area contributed by atoms with Crippen molar-refractivity contribution in [3.63, 3.8) is 0 Å². The number of aryl methyl sites for hydroxylation is 2. The van der Waals surface area contributed by atoms with E-state index < -0.39 is 6.04 Å². The number of halogens is 1. The van der Waals surface area contributed by atoms with E-state index in [9.17, 15) is 9.59 Å². The highest BCUT2D eigenvalue weighted by Gasteiger charge is 2.27. The topological polar surface area (TPSA) is 58.2 Å². The quantitative estimate of drug-likeness (QED) is 0.880. The molecule has 1 aliphatic heterocycles. The fraction of sp³-hybridized carbons (Fsp3) is 0.385. The molecule has 96 valence electrons. The normalized spacial score (nSPS) is 18.6. The molecule has 0 radical (unpaired) electrons. The van der Waals surface area contributed by atoms with Crippen molar-refractivity contribution in [3.05, 3.63) is 27.7 Å². The third kappa shape index (κ3) is 2.72. The van der Waals surface area contributed by atoms with Crippen LogP contribution >= 0.6 is 15.9 Å². The van der Waals surface area contributed by atoms with Crippen LogP contribution in [0.2, 0.25) is 0 Å². The Hall–Kier alpha value is -1.36. The Morgan fingerprint density at radius 2 is 2.17 bits per heavy atom. The fourth-order valence-electron chi connectivity index (χ4n) is 2.10. The molecule has 1 aromatic rings. The maximum atomic E-state index is 12.0. The Morgan fingerprint density at radius 1 is 1.44 bits per heavy atom. The van der Waals surface area contributed by atoms with Gasteiger partial charge in [-0.25, -0.2) is 0 Å². The monoisotopic (exact) mass is 310 g/mol. The molecule has 0 aromatic heterocycles. The lowest BCUT2D eigenvalue weighted by Gasteiger charge is -2.15. The number of hydrogen-bond acceptors (Lipinski definition) is 2. The summed E-state index contributed by atoms with van der Waals surface area (Å²) in [5.41, 5.74) is 2.90. The van der Waals surface area contributed by atoms with Crippen LogP contribution in [0, 0.1) is 13.8 Å². The number of hydrogen-bond donors (Lipinski definition) is 2. The van der Waals surface area contributed by atoms with Gasteiger partial charge in [0.1, 0.15) is 6.04 Å². The van der Waals surface area contributed by atoms with E-state index in [2.05, 4.69) is 26.6 Å². The second-order valence-electron chi connectivity index (χ2n) is 4.59. The average Bonchev–Trinajstić information content (AvgIpc) is 2.70. The Morgan fingerprint density at radius 3 is 2.72 bits per heavy atom. The maximum absolute atomic E-state index is 12.0. The SMILES string of the molecule is Cc1cc(C)c(NC(=O)[C@H]2CCC(=O)N2)c(Br)c1. The molecule has 0 spiro atoms. The number of rotatable bonds is 2. The fourth-order valence-corrected chi connectivity index (χ4v) is 2.87. The molecule has 4 nitrogen and oxygen atoms in total. The molecule has 1 heterocycles. The van der Waals surface area contributed by atoms with Gasteiger partial charge in [-0.15, -0.1) is 0 Å². The summed E-state index contributed by atoms with van der Waals surface area (Å²) >= 11 is 3.44. The second-order valence-corrected chi connectivity index (χ2v) is 5.44. The summed E-state index contributed by atoms with van der Waals surface area (Å²) < 4.78 is 0.859. The first-order valence-electron chi connectivity index (χ1n) is 5.84. The van der Waals surface area contributed by atoms with Crippen LogP contribution in [-0.2, 0) is 9.59 Å². The smallest absolute Gasteiger partial charge is 0.247 e. The molecule has 0 saturated carbocycles. The lowest BCUT2D eigenvalue weighted by molar-refractivity contribution is -0.122. The number of nitrogens with one attached hydrogen (secondary N) is 2. The largest absolute Gasteiger partial charge is 0.344 e. The molecule has 0 unspecified atom stereocenters. The summed E-state index contributed by atoms with van der Waals surface area (Å²) in [7, 11) is 0. The lowest BCUT2D eigenvalue weighted by atomic mass is 10.1. The van der Waals surface area contributed by atoms with Gasteiger partial charge in [0.15, 0.2) is 0 Å². The zero-order chi connectivity index (χ0) is 13.3. The first kappa shape index (κ1) is 13.1. The van der Waals surface area contributed by atoms with Gasteiger partial charge in [-0.1, -0.05) is 6.07 Å². The van der Waals surface area contributed by atoms with Gasteiger partial charge in [-0.05, 0) is 53.4 Å². The van der Waals surface area contributed by atoms with Crippen molar-refractivity contribution in [2.45, 2.75) is 32.7 Å². The minimum atomic E-state index is -0.412. The van der Waals surface area contributed by atoms with E-state index in [-0.39, 0.29) is 11.8 Å². The molecule has 5 heteroatoms. The summed E-state index contributed by atoms with van der Waals surface area (Å²) in [5.74, 6) is -0.219. The van der Waals surface area contributed by atoms with Crippen LogP contribution in [0.15, 0.2) is 16.6 Å². The van der Waals surface area contributed by atoms with E-state index in [0.29, 0.717) is 12.8 Å². The number of carbonyl (C=O) groups is 2. The highest BCUT2D eigenvalue weighted by atomic mass is 79.9. The van der Waals surface area contributed by atoms with Gasteiger partial charge in [0.05, 0.1) is 5.69 Å². The summed E-state index contributed by atoms with van der Waals surface area (Å²) in [6.07, 6.45) is 0.985. The standard InChI is InChI=1S/C13H15BrN2O2/c1-7-5-8(2)12(9(14)6-7)16-13(18)10-3-4-11(17)15-10/h5-6,10H,3-4H2,1-2H3,(H,15,17)(H,16,18)/t10-/m1/s1. The average molecular weight is 311 g/mol. The van der Waals surface area contributed by atoms with E-state index in [1.54, 1.807) is 0 Å². The number of amides is 2. The van der Waals surface area contributed by atoms with Crippen molar-refractivity contribution >= 4 is 33.4 Å². The Balaban J connectivity index is 2.14. The lowest BCUT2D eigenvalue weighted by Crippen LogP contribution is -2.37. The van der Waals surface area contributed by atoms with Gasteiger partial charge < -0.3 is 10.6 Å². The minimum absolute atomic E-state index is 0.0603. The van der Waals surface area contributed by atoms with E-state index in [1.165, 1.54) is 0 Å². The predicted octanol–water partition coefficient (Wildman–Crippen LogP) is 2.28. The zero-order valence-electron chi connectivity index (χ0n) is 10.3. The molecular formula is C13H15BrN2O2. The molecule has 1 saturated heterocycles. The van der Waals surface area contributed by atoms with Crippen LogP contribution in [0.1, 0.15) is 24.0 Å². The van der Waals surface area contributed by atoms with Crippen LogP contribution in [0.25, 0.3) is 0 Å². The Bertz CT molecular complexity index is 491. The van der Waals surface area contributed by atoms with Crippen molar-refractivity contribution in [2.24, 2.45) is 0 Å². The van der Waals surface area contributed by atoms with Crippen LogP contribution in [0.4, 0.5) is 5.69 Å². The molecule has 2 rings (SSSR count). The van der Waals surface area contributed by atoms with Gasteiger partial charge in [-0.3, -0.25) is 9.59 Å². The molecular weight excluding hydrogens is 296 g/mol. The van der Waals surface area contributed by atoms with Gasteiger partial charge in [-0.2, -0.15) is 0 Å². The van der Waals surface area contributed by atoms with Crippen molar-refractivity contribution in [2.75, 3.05) is 5.32 Å². The Labute approximate surface area is 114 Å². The first-order chi connectivity index (χ1) is 8.47. The number of benzene rings is 1. The third-order valence-corrected chi connectivity index (χ3v) is 3.62. The van der Waals surface area contributed by atoms with Crippen LogP contribution in [0.3, 0.4) is 0 Å². The highest BCUT2D eigenvalue weighted by molar-refractivity contribution is 9.10. The van der Waals surface area contributed by atoms with E-state index in [0.717, 1.165) is 21.3 Å². The molecule has 0 aliphatic carbocycles. The van der Waals surface area contributed by atoms with Gasteiger partial charge in [0, 0.05) is 10.9 Å². The number of carbonyl (C=O) groups excluding carboxylic acids is 2. The van der Waals surface area contributed by atoms with Crippen LogP contribution < -0.4 is 10.6 Å².